The minimum Gasteiger partial charge on any atom is -0.103 e. The van der Waals surface area contributed by atoms with Crippen LogP contribution in [0.15, 0.2) is 104 Å². The molecular formula is C21H22P+. The Morgan fingerprint density at radius 3 is 1.05 bits per heavy atom. The summed E-state index contributed by atoms with van der Waals surface area (Å²) in [4.78, 5) is 0. The molecule has 0 heterocycles. The Balaban J connectivity index is 0.000000545. The highest BCUT2D eigenvalue weighted by Gasteiger charge is 2.24. The second-order valence-electron chi connectivity index (χ2n) is 4.88. The molecule has 110 valence electrons. The number of rotatable bonds is 3. The molecule has 0 saturated carbocycles. The third-order valence-corrected chi connectivity index (χ3v) is 5.92. The lowest BCUT2D eigenvalue weighted by Gasteiger charge is -2.10. The van der Waals surface area contributed by atoms with Crippen LogP contribution in [0.1, 0.15) is 6.92 Å². The van der Waals surface area contributed by atoms with Crippen molar-refractivity contribution in [1.29, 1.82) is 0 Å². The van der Waals surface area contributed by atoms with Crippen molar-refractivity contribution in [2.75, 3.05) is 0 Å². The van der Waals surface area contributed by atoms with Crippen molar-refractivity contribution in [3.05, 3.63) is 104 Å². The predicted octanol–water partition coefficient (Wildman–Crippen LogP) is 4.37. The SMILES string of the molecule is C=CC.c1ccc([PH+](c2ccccc2)c2ccccc2)cc1. The van der Waals surface area contributed by atoms with Gasteiger partial charge < -0.3 is 0 Å². The summed E-state index contributed by atoms with van der Waals surface area (Å²) in [6.07, 6.45) is 1.75. The van der Waals surface area contributed by atoms with Crippen LogP contribution in [-0.2, 0) is 0 Å². The van der Waals surface area contributed by atoms with Gasteiger partial charge in [-0.2, -0.15) is 0 Å². The first-order valence-electron chi connectivity index (χ1n) is 7.47. The van der Waals surface area contributed by atoms with Gasteiger partial charge in [0.05, 0.1) is 7.92 Å². The Bertz CT molecular complexity index is 566. The summed E-state index contributed by atoms with van der Waals surface area (Å²) in [7, 11) is -0.877. The van der Waals surface area contributed by atoms with E-state index in [1.54, 1.807) is 6.08 Å². The van der Waals surface area contributed by atoms with Crippen LogP contribution in [0.25, 0.3) is 0 Å². The van der Waals surface area contributed by atoms with E-state index in [-0.39, 0.29) is 0 Å². The molecule has 0 N–H and O–H groups in total. The minimum atomic E-state index is -0.877. The molecule has 0 radical (unpaired) electrons. The Kier molecular flexibility index (Phi) is 6.61. The first-order chi connectivity index (χ1) is 10.9. The van der Waals surface area contributed by atoms with Gasteiger partial charge in [-0.15, -0.1) is 6.58 Å². The molecule has 0 bridgehead atoms. The van der Waals surface area contributed by atoms with E-state index in [4.69, 9.17) is 0 Å². The quantitative estimate of drug-likeness (QED) is 0.498. The molecule has 0 spiro atoms. The molecule has 0 unspecified atom stereocenters. The molecule has 0 fully saturated rings. The highest BCUT2D eigenvalue weighted by atomic mass is 31.1. The van der Waals surface area contributed by atoms with Gasteiger partial charge in [-0.05, 0) is 43.3 Å². The molecule has 0 saturated heterocycles. The van der Waals surface area contributed by atoms with Gasteiger partial charge >= 0.3 is 0 Å². The molecule has 3 aromatic rings. The summed E-state index contributed by atoms with van der Waals surface area (Å²) in [6, 6.07) is 32.5. The Morgan fingerprint density at radius 2 is 0.818 bits per heavy atom. The lowest BCUT2D eigenvalue weighted by atomic mass is 10.4. The molecule has 0 amide bonds. The second kappa shape index (κ2) is 8.97. The fraction of sp³-hybridized carbons (Fsp3) is 0.0476. The van der Waals surface area contributed by atoms with Gasteiger partial charge in [-0.3, -0.25) is 0 Å². The zero-order valence-electron chi connectivity index (χ0n) is 12.9. The first-order valence-corrected chi connectivity index (χ1v) is 8.97. The average molecular weight is 305 g/mol. The summed E-state index contributed by atoms with van der Waals surface area (Å²) >= 11 is 0. The van der Waals surface area contributed by atoms with Crippen LogP contribution >= 0.6 is 7.92 Å². The summed E-state index contributed by atoms with van der Waals surface area (Å²) in [5, 5.41) is 4.31. The maximum atomic E-state index is 3.36. The minimum absolute atomic E-state index is 0.877. The van der Waals surface area contributed by atoms with E-state index in [9.17, 15) is 0 Å². The van der Waals surface area contributed by atoms with Gasteiger partial charge in [0.1, 0.15) is 15.9 Å². The van der Waals surface area contributed by atoms with Crippen molar-refractivity contribution in [2.45, 2.75) is 6.92 Å². The van der Waals surface area contributed by atoms with Crippen molar-refractivity contribution in [2.24, 2.45) is 0 Å². The van der Waals surface area contributed by atoms with E-state index < -0.39 is 7.92 Å². The number of allylic oxidation sites excluding steroid dienone is 1. The number of hydrogen-bond acceptors (Lipinski definition) is 0. The maximum Gasteiger partial charge on any atom is 0.102 e. The molecule has 3 rings (SSSR count). The summed E-state index contributed by atoms with van der Waals surface area (Å²) in [5.74, 6) is 0. The number of hydrogen-bond donors (Lipinski definition) is 0. The fourth-order valence-electron chi connectivity index (χ4n) is 2.31. The summed E-state index contributed by atoms with van der Waals surface area (Å²) in [6.45, 7) is 5.25. The maximum absolute atomic E-state index is 3.36. The van der Waals surface area contributed by atoms with Gasteiger partial charge in [-0.25, -0.2) is 0 Å². The van der Waals surface area contributed by atoms with Crippen molar-refractivity contribution in [3.8, 4) is 0 Å². The second-order valence-corrected chi connectivity index (χ2v) is 7.36. The van der Waals surface area contributed by atoms with Crippen LogP contribution in [0.5, 0.6) is 0 Å². The lowest BCUT2D eigenvalue weighted by Crippen LogP contribution is -2.20. The molecule has 22 heavy (non-hydrogen) atoms. The van der Waals surface area contributed by atoms with Crippen LogP contribution in [0.3, 0.4) is 0 Å². The normalized spacial score (nSPS) is 9.73. The molecule has 0 atom stereocenters. The van der Waals surface area contributed by atoms with E-state index in [2.05, 4.69) is 97.6 Å². The molecule has 0 aliphatic heterocycles. The molecule has 0 nitrogen and oxygen atoms in total. The highest BCUT2D eigenvalue weighted by molar-refractivity contribution is 7.79. The zero-order chi connectivity index (χ0) is 15.6. The Hall–Kier alpha value is -2.17. The van der Waals surface area contributed by atoms with Crippen LogP contribution in [0, 0.1) is 0 Å². The van der Waals surface area contributed by atoms with Crippen LogP contribution in [0.2, 0.25) is 0 Å². The third-order valence-electron chi connectivity index (χ3n) is 3.19. The first kappa shape index (κ1) is 16.2. The summed E-state index contributed by atoms with van der Waals surface area (Å²) < 4.78 is 0. The van der Waals surface area contributed by atoms with Crippen molar-refractivity contribution >= 4 is 23.8 Å². The van der Waals surface area contributed by atoms with Gasteiger partial charge in [0.25, 0.3) is 0 Å². The Morgan fingerprint density at radius 1 is 0.591 bits per heavy atom. The fourth-order valence-corrected chi connectivity index (χ4v) is 4.89. The van der Waals surface area contributed by atoms with Crippen LogP contribution < -0.4 is 15.9 Å². The van der Waals surface area contributed by atoms with Crippen molar-refractivity contribution in [1.82, 2.24) is 0 Å². The van der Waals surface area contributed by atoms with E-state index >= 15 is 0 Å². The van der Waals surface area contributed by atoms with E-state index in [0.29, 0.717) is 0 Å². The molecule has 1 heteroatoms. The molecule has 0 aliphatic rings. The zero-order valence-corrected chi connectivity index (χ0v) is 13.9. The number of benzene rings is 3. The molecular weight excluding hydrogens is 283 g/mol. The largest absolute Gasteiger partial charge is 0.103 e. The standard InChI is InChI=1S/C18H15P.C3H6/c1-4-10-16(11-5-1)19(17-12-6-2-7-13-17)18-14-8-3-9-15-18;1-3-2/h1-15H;3H,1H2,2H3/p+1. The topological polar surface area (TPSA) is 0 Å². The monoisotopic (exact) mass is 305 g/mol. The molecule has 3 aromatic carbocycles. The van der Waals surface area contributed by atoms with Crippen LogP contribution in [0.4, 0.5) is 0 Å². The highest BCUT2D eigenvalue weighted by Crippen LogP contribution is 2.32. The van der Waals surface area contributed by atoms with Crippen molar-refractivity contribution < 1.29 is 0 Å². The van der Waals surface area contributed by atoms with Gasteiger partial charge in [-0.1, -0.05) is 60.7 Å². The predicted molar refractivity (Wildman–Crippen MR) is 102 cm³/mol. The van der Waals surface area contributed by atoms with Crippen molar-refractivity contribution in [3.63, 3.8) is 0 Å². The van der Waals surface area contributed by atoms with Gasteiger partial charge in [0.15, 0.2) is 0 Å². The molecule has 0 aliphatic carbocycles. The summed E-state index contributed by atoms with van der Waals surface area (Å²) in [5.41, 5.74) is 0. The van der Waals surface area contributed by atoms with Crippen LogP contribution in [-0.4, -0.2) is 0 Å². The molecule has 0 aromatic heterocycles. The van der Waals surface area contributed by atoms with E-state index in [1.165, 1.54) is 15.9 Å². The lowest BCUT2D eigenvalue weighted by molar-refractivity contribution is 1.74. The van der Waals surface area contributed by atoms with E-state index in [0.717, 1.165) is 0 Å². The third kappa shape index (κ3) is 4.41. The van der Waals surface area contributed by atoms with E-state index in [1.807, 2.05) is 6.92 Å². The average Bonchev–Trinajstić information content (AvgIpc) is 2.59. The smallest absolute Gasteiger partial charge is 0.102 e. The van der Waals surface area contributed by atoms with Gasteiger partial charge in [0, 0.05) is 0 Å². The Labute approximate surface area is 134 Å². The van der Waals surface area contributed by atoms with Gasteiger partial charge in [0.2, 0.25) is 0 Å².